The van der Waals surface area contributed by atoms with Crippen LogP contribution in [-0.2, 0) is 0 Å². The molecule has 3 aromatic rings. The van der Waals surface area contributed by atoms with Crippen molar-refractivity contribution in [3.05, 3.63) is 70.6 Å². The Morgan fingerprint density at radius 2 is 1.43 bits per heavy atom. The molecule has 0 fully saturated rings. The number of para-hydroxylation sites is 2. The van der Waals surface area contributed by atoms with E-state index in [0.717, 1.165) is 6.20 Å². The van der Waals surface area contributed by atoms with E-state index in [2.05, 4.69) is 9.97 Å². The molecule has 0 atom stereocenters. The van der Waals surface area contributed by atoms with Gasteiger partial charge in [-0.2, -0.15) is 4.98 Å². The lowest BCUT2D eigenvalue weighted by atomic mass is 10.2. The minimum atomic E-state index is -0.640. The molecule has 0 aliphatic rings. The number of nitrogens with zero attached hydrogens (tertiary/aromatic N) is 3. The number of nitrogen functional groups attached to an aromatic ring is 1. The van der Waals surface area contributed by atoms with E-state index in [1.54, 1.807) is 48.5 Å². The van der Waals surface area contributed by atoms with Crippen LogP contribution in [0.15, 0.2) is 54.7 Å². The molecule has 2 aromatic carbocycles. The van der Waals surface area contributed by atoms with Crippen LogP contribution in [0.25, 0.3) is 0 Å². The normalized spacial score (nSPS) is 10.6. The lowest BCUT2D eigenvalue weighted by molar-refractivity contribution is 0.616. The number of rotatable bonds is 3. The van der Waals surface area contributed by atoms with Gasteiger partial charge in [0.2, 0.25) is 5.95 Å². The molecule has 0 bridgehead atoms. The standard InChI is InChI=1S/C16H11Cl2FN4/c17-10-5-1-3-7-13(10)23(14-8-4-2-6-11(14)18)15-12(19)9-21-16(20)22-15/h1-9H,(H2,20,21,22). The summed E-state index contributed by atoms with van der Waals surface area (Å²) in [5, 5.41) is 0.841. The van der Waals surface area contributed by atoms with Crippen LogP contribution in [0, 0.1) is 5.82 Å². The minimum Gasteiger partial charge on any atom is -0.368 e. The van der Waals surface area contributed by atoms with Gasteiger partial charge >= 0.3 is 0 Å². The predicted octanol–water partition coefficient (Wildman–Crippen LogP) is 4.97. The summed E-state index contributed by atoms with van der Waals surface area (Å²) >= 11 is 12.6. The van der Waals surface area contributed by atoms with Gasteiger partial charge in [0.15, 0.2) is 11.6 Å². The van der Waals surface area contributed by atoms with Crippen molar-refractivity contribution in [1.82, 2.24) is 9.97 Å². The van der Waals surface area contributed by atoms with Gasteiger partial charge in [0.05, 0.1) is 27.6 Å². The predicted molar refractivity (Wildman–Crippen MR) is 91.1 cm³/mol. The van der Waals surface area contributed by atoms with Crippen LogP contribution < -0.4 is 10.6 Å². The Morgan fingerprint density at radius 1 is 0.913 bits per heavy atom. The summed E-state index contributed by atoms with van der Waals surface area (Å²) in [6.45, 7) is 0. The number of nitrogens with two attached hydrogens (primary N) is 1. The number of hydrogen-bond donors (Lipinski definition) is 1. The van der Waals surface area contributed by atoms with Crippen LogP contribution in [0.1, 0.15) is 0 Å². The molecule has 0 aliphatic carbocycles. The van der Waals surface area contributed by atoms with Crippen LogP contribution >= 0.6 is 23.2 Å². The Balaban J connectivity index is 2.29. The van der Waals surface area contributed by atoms with Crippen molar-refractivity contribution < 1.29 is 4.39 Å². The summed E-state index contributed by atoms with van der Waals surface area (Å²) in [5.74, 6) is -0.719. The molecule has 7 heteroatoms. The third kappa shape index (κ3) is 3.06. The fourth-order valence-electron chi connectivity index (χ4n) is 2.15. The van der Waals surface area contributed by atoms with Gasteiger partial charge in [-0.15, -0.1) is 0 Å². The number of benzene rings is 2. The summed E-state index contributed by atoms with van der Waals surface area (Å²) in [7, 11) is 0. The van der Waals surface area contributed by atoms with Gasteiger partial charge < -0.3 is 5.73 Å². The van der Waals surface area contributed by atoms with E-state index in [1.807, 2.05) is 0 Å². The number of halogens is 3. The Labute approximate surface area is 142 Å². The second-order valence-corrected chi connectivity index (χ2v) is 5.45. The van der Waals surface area contributed by atoms with E-state index in [9.17, 15) is 4.39 Å². The minimum absolute atomic E-state index is 0.0290. The molecule has 23 heavy (non-hydrogen) atoms. The van der Waals surface area contributed by atoms with Crippen LogP contribution in [0.3, 0.4) is 0 Å². The van der Waals surface area contributed by atoms with Crippen LogP contribution in [-0.4, -0.2) is 9.97 Å². The van der Waals surface area contributed by atoms with Crippen molar-refractivity contribution >= 4 is 46.3 Å². The highest BCUT2D eigenvalue weighted by molar-refractivity contribution is 6.35. The lowest BCUT2D eigenvalue weighted by Crippen LogP contribution is -2.15. The average Bonchev–Trinajstić information content (AvgIpc) is 2.54. The molecular formula is C16H11Cl2FN4. The molecule has 0 amide bonds. The smallest absolute Gasteiger partial charge is 0.222 e. The Hall–Kier alpha value is -2.37. The van der Waals surface area contributed by atoms with Crippen LogP contribution in [0.2, 0.25) is 10.0 Å². The summed E-state index contributed by atoms with van der Waals surface area (Å²) in [5.41, 5.74) is 6.67. The highest BCUT2D eigenvalue weighted by Gasteiger charge is 2.22. The molecule has 1 heterocycles. The molecule has 1 aromatic heterocycles. The van der Waals surface area contributed by atoms with Crippen LogP contribution in [0.5, 0.6) is 0 Å². The number of aromatic nitrogens is 2. The lowest BCUT2D eigenvalue weighted by Gasteiger charge is -2.26. The van der Waals surface area contributed by atoms with Gasteiger partial charge in [0.25, 0.3) is 0 Å². The van der Waals surface area contributed by atoms with Gasteiger partial charge in [0.1, 0.15) is 0 Å². The largest absolute Gasteiger partial charge is 0.368 e. The highest BCUT2D eigenvalue weighted by Crippen LogP contribution is 2.41. The maximum absolute atomic E-state index is 14.3. The first-order valence-electron chi connectivity index (χ1n) is 6.65. The Kier molecular flexibility index (Phi) is 4.32. The summed E-state index contributed by atoms with van der Waals surface area (Å²) in [6, 6.07) is 14.0. The first-order chi connectivity index (χ1) is 11.1. The average molecular weight is 349 g/mol. The van der Waals surface area contributed by atoms with E-state index in [0.29, 0.717) is 21.4 Å². The summed E-state index contributed by atoms with van der Waals surface area (Å²) in [4.78, 5) is 9.17. The van der Waals surface area contributed by atoms with Crippen molar-refractivity contribution in [2.75, 3.05) is 10.6 Å². The zero-order valence-electron chi connectivity index (χ0n) is 11.7. The molecule has 0 aliphatic heterocycles. The van der Waals surface area contributed by atoms with Gasteiger partial charge in [-0.25, -0.2) is 9.37 Å². The van der Waals surface area contributed by atoms with Crippen molar-refractivity contribution in [3.8, 4) is 0 Å². The molecule has 2 N–H and O–H groups in total. The monoisotopic (exact) mass is 348 g/mol. The first kappa shape index (κ1) is 15.5. The van der Waals surface area contributed by atoms with Crippen molar-refractivity contribution in [1.29, 1.82) is 0 Å². The quantitative estimate of drug-likeness (QED) is 0.725. The topological polar surface area (TPSA) is 55.0 Å². The highest BCUT2D eigenvalue weighted by atomic mass is 35.5. The van der Waals surface area contributed by atoms with Crippen molar-refractivity contribution in [2.45, 2.75) is 0 Å². The van der Waals surface area contributed by atoms with E-state index < -0.39 is 5.82 Å². The van der Waals surface area contributed by atoms with Gasteiger partial charge in [-0.3, -0.25) is 4.90 Å². The number of anilines is 4. The zero-order valence-corrected chi connectivity index (χ0v) is 13.3. The van der Waals surface area contributed by atoms with Gasteiger partial charge in [-0.1, -0.05) is 47.5 Å². The molecule has 116 valence electrons. The van der Waals surface area contributed by atoms with Gasteiger partial charge in [-0.05, 0) is 24.3 Å². The van der Waals surface area contributed by atoms with Crippen molar-refractivity contribution in [3.63, 3.8) is 0 Å². The third-order valence-electron chi connectivity index (χ3n) is 3.14. The van der Waals surface area contributed by atoms with E-state index >= 15 is 0 Å². The van der Waals surface area contributed by atoms with E-state index in [4.69, 9.17) is 28.9 Å². The Bertz CT molecular complexity index is 811. The molecule has 3 rings (SSSR count). The maximum atomic E-state index is 14.3. The molecule has 0 spiro atoms. The van der Waals surface area contributed by atoms with Crippen molar-refractivity contribution in [2.24, 2.45) is 0 Å². The third-order valence-corrected chi connectivity index (χ3v) is 3.78. The van der Waals surface area contributed by atoms with E-state index in [-0.39, 0.29) is 11.8 Å². The van der Waals surface area contributed by atoms with E-state index in [1.165, 1.54) is 4.90 Å². The summed E-state index contributed by atoms with van der Waals surface area (Å²) < 4.78 is 14.3. The summed E-state index contributed by atoms with van der Waals surface area (Å²) in [6.07, 6.45) is 1.01. The molecule has 0 unspecified atom stereocenters. The first-order valence-corrected chi connectivity index (χ1v) is 7.40. The molecule has 0 saturated carbocycles. The molecule has 4 nitrogen and oxygen atoms in total. The fourth-order valence-corrected chi connectivity index (χ4v) is 2.59. The molecular weight excluding hydrogens is 338 g/mol. The Morgan fingerprint density at radius 3 is 1.96 bits per heavy atom. The second-order valence-electron chi connectivity index (χ2n) is 4.64. The molecule has 0 radical (unpaired) electrons. The number of hydrogen-bond acceptors (Lipinski definition) is 4. The fraction of sp³-hybridized carbons (Fsp3) is 0. The van der Waals surface area contributed by atoms with Gasteiger partial charge in [0, 0.05) is 0 Å². The maximum Gasteiger partial charge on any atom is 0.222 e. The SMILES string of the molecule is Nc1ncc(F)c(N(c2ccccc2Cl)c2ccccc2Cl)n1. The second kappa shape index (κ2) is 6.40. The van der Waals surface area contributed by atoms with Crippen LogP contribution in [0.4, 0.5) is 27.5 Å². The molecule has 0 saturated heterocycles. The zero-order chi connectivity index (χ0) is 16.4.